The van der Waals surface area contributed by atoms with Crippen LogP contribution in [0.1, 0.15) is 13.3 Å². The Hall–Kier alpha value is -2.89. The Balaban J connectivity index is 1.59. The molecule has 1 amide bonds. The van der Waals surface area contributed by atoms with Gasteiger partial charge in [0.25, 0.3) is 5.91 Å². The first-order valence-electron chi connectivity index (χ1n) is 9.63. The molecule has 3 rings (SSSR count). The minimum absolute atomic E-state index is 0.0398. The van der Waals surface area contributed by atoms with Gasteiger partial charge in [-0.05, 0) is 42.8 Å². The van der Waals surface area contributed by atoms with Gasteiger partial charge in [-0.15, -0.1) is 0 Å². The molecular formula is C22H28N2O4. The van der Waals surface area contributed by atoms with Gasteiger partial charge in [-0.2, -0.15) is 0 Å². The molecule has 0 N–H and O–H groups in total. The van der Waals surface area contributed by atoms with Gasteiger partial charge >= 0.3 is 0 Å². The third kappa shape index (κ3) is 4.50. The SMILES string of the molecule is CC[C@@H](Oc1ccc(OC)cc1)C(=O)N1CCN(c2ccccc2OC)CC1. The molecule has 0 bridgehead atoms. The summed E-state index contributed by atoms with van der Waals surface area (Å²) in [5, 5.41) is 0. The number of rotatable bonds is 7. The lowest BCUT2D eigenvalue weighted by Crippen LogP contribution is -2.52. The van der Waals surface area contributed by atoms with Crippen molar-refractivity contribution in [3.63, 3.8) is 0 Å². The summed E-state index contributed by atoms with van der Waals surface area (Å²) in [7, 11) is 3.31. The average molecular weight is 384 g/mol. The van der Waals surface area contributed by atoms with E-state index < -0.39 is 6.10 Å². The number of carbonyl (C=O) groups excluding carboxylic acids is 1. The molecule has 0 radical (unpaired) electrons. The fraction of sp³-hybridized carbons (Fsp3) is 0.409. The van der Waals surface area contributed by atoms with Crippen molar-refractivity contribution >= 4 is 11.6 Å². The van der Waals surface area contributed by atoms with Crippen molar-refractivity contribution < 1.29 is 19.0 Å². The van der Waals surface area contributed by atoms with Gasteiger partial charge in [0.2, 0.25) is 0 Å². The van der Waals surface area contributed by atoms with E-state index in [2.05, 4.69) is 11.0 Å². The summed E-state index contributed by atoms with van der Waals surface area (Å²) in [5.74, 6) is 2.34. The van der Waals surface area contributed by atoms with Gasteiger partial charge in [-0.1, -0.05) is 19.1 Å². The van der Waals surface area contributed by atoms with Crippen LogP contribution in [0.5, 0.6) is 17.2 Å². The van der Waals surface area contributed by atoms with Crippen LogP contribution in [0.4, 0.5) is 5.69 Å². The second-order valence-corrected chi connectivity index (χ2v) is 6.67. The number of piperazine rings is 1. The van der Waals surface area contributed by atoms with Crippen LogP contribution in [-0.2, 0) is 4.79 Å². The predicted molar refractivity (Wildman–Crippen MR) is 109 cm³/mol. The zero-order chi connectivity index (χ0) is 19.9. The van der Waals surface area contributed by atoms with E-state index in [4.69, 9.17) is 14.2 Å². The quantitative estimate of drug-likeness (QED) is 0.734. The monoisotopic (exact) mass is 384 g/mol. The highest BCUT2D eigenvalue weighted by molar-refractivity contribution is 5.81. The minimum atomic E-state index is -0.480. The fourth-order valence-corrected chi connectivity index (χ4v) is 3.39. The van der Waals surface area contributed by atoms with Crippen molar-refractivity contribution in [1.82, 2.24) is 4.90 Å². The van der Waals surface area contributed by atoms with Crippen LogP contribution in [-0.4, -0.2) is 57.3 Å². The number of amides is 1. The number of hydrogen-bond acceptors (Lipinski definition) is 5. The summed E-state index contributed by atoms with van der Waals surface area (Å²) < 4.78 is 16.6. The molecule has 0 unspecified atom stereocenters. The third-order valence-electron chi connectivity index (χ3n) is 5.00. The Labute approximate surface area is 166 Å². The van der Waals surface area contributed by atoms with E-state index in [0.717, 1.165) is 30.3 Å². The van der Waals surface area contributed by atoms with Crippen LogP contribution in [0.25, 0.3) is 0 Å². The summed E-state index contributed by atoms with van der Waals surface area (Å²) >= 11 is 0. The highest BCUT2D eigenvalue weighted by Gasteiger charge is 2.28. The smallest absolute Gasteiger partial charge is 0.263 e. The molecule has 1 heterocycles. The molecule has 0 saturated carbocycles. The van der Waals surface area contributed by atoms with E-state index in [-0.39, 0.29) is 5.91 Å². The molecule has 1 fully saturated rings. The zero-order valence-electron chi connectivity index (χ0n) is 16.8. The molecular weight excluding hydrogens is 356 g/mol. The summed E-state index contributed by atoms with van der Waals surface area (Å²) in [6.07, 6.45) is 0.142. The molecule has 1 aliphatic heterocycles. The molecule has 0 spiro atoms. The summed E-state index contributed by atoms with van der Waals surface area (Å²) in [5.41, 5.74) is 1.07. The van der Waals surface area contributed by atoms with Crippen molar-refractivity contribution in [2.45, 2.75) is 19.4 Å². The molecule has 2 aromatic rings. The number of ether oxygens (including phenoxy) is 3. The number of benzene rings is 2. The molecule has 1 aliphatic rings. The number of carbonyl (C=O) groups is 1. The molecule has 6 heteroatoms. The van der Waals surface area contributed by atoms with Crippen LogP contribution in [0.3, 0.4) is 0 Å². The highest BCUT2D eigenvalue weighted by Crippen LogP contribution is 2.28. The van der Waals surface area contributed by atoms with Gasteiger partial charge in [0.15, 0.2) is 6.10 Å². The molecule has 0 aliphatic carbocycles. The van der Waals surface area contributed by atoms with Crippen LogP contribution >= 0.6 is 0 Å². The highest BCUT2D eigenvalue weighted by atomic mass is 16.5. The van der Waals surface area contributed by atoms with Crippen LogP contribution in [0, 0.1) is 0 Å². The van der Waals surface area contributed by atoms with Gasteiger partial charge in [0, 0.05) is 26.2 Å². The van der Waals surface area contributed by atoms with Gasteiger partial charge in [0.1, 0.15) is 17.2 Å². The first kappa shape index (κ1) is 19.9. The maximum Gasteiger partial charge on any atom is 0.263 e. The number of anilines is 1. The molecule has 2 aromatic carbocycles. The maximum absolute atomic E-state index is 13.0. The van der Waals surface area contributed by atoms with E-state index in [0.29, 0.717) is 25.3 Å². The van der Waals surface area contributed by atoms with E-state index in [1.807, 2.05) is 54.3 Å². The van der Waals surface area contributed by atoms with E-state index in [9.17, 15) is 4.79 Å². The maximum atomic E-state index is 13.0. The summed E-state index contributed by atoms with van der Waals surface area (Å²) in [6.45, 7) is 4.84. The largest absolute Gasteiger partial charge is 0.497 e. The number of hydrogen-bond donors (Lipinski definition) is 0. The van der Waals surface area contributed by atoms with Crippen molar-refractivity contribution in [2.24, 2.45) is 0 Å². The second kappa shape index (κ2) is 9.35. The number of methoxy groups -OCH3 is 2. The Morgan fingerprint density at radius 2 is 1.57 bits per heavy atom. The Morgan fingerprint density at radius 1 is 0.929 bits per heavy atom. The number of nitrogens with zero attached hydrogens (tertiary/aromatic N) is 2. The van der Waals surface area contributed by atoms with Crippen molar-refractivity contribution in [1.29, 1.82) is 0 Å². The van der Waals surface area contributed by atoms with Crippen LogP contribution in [0.2, 0.25) is 0 Å². The van der Waals surface area contributed by atoms with Crippen LogP contribution < -0.4 is 19.1 Å². The van der Waals surface area contributed by atoms with E-state index >= 15 is 0 Å². The van der Waals surface area contributed by atoms with Gasteiger partial charge in [0.05, 0.1) is 19.9 Å². The lowest BCUT2D eigenvalue weighted by atomic mass is 10.2. The normalized spacial score (nSPS) is 15.1. The van der Waals surface area contributed by atoms with Crippen LogP contribution in [0.15, 0.2) is 48.5 Å². The first-order valence-corrected chi connectivity index (χ1v) is 9.63. The Bertz CT molecular complexity index is 770. The molecule has 150 valence electrons. The van der Waals surface area contributed by atoms with Crippen molar-refractivity contribution in [3.8, 4) is 17.2 Å². The first-order chi connectivity index (χ1) is 13.7. The molecule has 28 heavy (non-hydrogen) atoms. The van der Waals surface area contributed by atoms with E-state index in [1.54, 1.807) is 14.2 Å². The van der Waals surface area contributed by atoms with E-state index in [1.165, 1.54) is 0 Å². The fourth-order valence-electron chi connectivity index (χ4n) is 3.39. The van der Waals surface area contributed by atoms with Gasteiger partial charge in [-0.3, -0.25) is 4.79 Å². The molecule has 1 saturated heterocycles. The third-order valence-corrected chi connectivity index (χ3v) is 5.00. The molecule has 6 nitrogen and oxygen atoms in total. The number of para-hydroxylation sites is 2. The lowest BCUT2D eigenvalue weighted by molar-refractivity contribution is -0.139. The van der Waals surface area contributed by atoms with Gasteiger partial charge in [-0.25, -0.2) is 0 Å². The molecule has 1 atom stereocenters. The lowest BCUT2D eigenvalue weighted by Gasteiger charge is -2.37. The van der Waals surface area contributed by atoms with Crippen molar-refractivity contribution in [2.75, 3.05) is 45.3 Å². The van der Waals surface area contributed by atoms with Gasteiger partial charge < -0.3 is 24.0 Å². The van der Waals surface area contributed by atoms with Crippen molar-refractivity contribution in [3.05, 3.63) is 48.5 Å². The Kier molecular flexibility index (Phi) is 6.63. The minimum Gasteiger partial charge on any atom is -0.497 e. The second-order valence-electron chi connectivity index (χ2n) is 6.67. The standard InChI is InChI=1S/C22H28N2O4/c1-4-20(28-18-11-9-17(26-2)10-12-18)22(25)24-15-13-23(14-16-24)19-7-5-6-8-21(19)27-3/h5-12,20H,4,13-16H2,1-3H3/t20-/m1/s1. The summed E-state index contributed by atoms with van der Waals surface area (Å²) in [4.78, 5) is 17.1. The zero-order valence-corrected chi connectivity index (χ0v) is 16.8. The predicted octanol–water partition coefficient (Wildman–Crippen LogP) is 3.21. The Morgan fingerprint density at radius 3 is 2.18 bits per heavy atom. The average Bonchev–Trinajstić information content (AvgIpc) is 2.77. The topological polar surface area (TPSA) is 51.2 Å². The molecule has 0 aromatic heterocycles. The summed E-state index contributed by atoms with van der Waals surface area (Å²) in [6, 6.07) is 15.3.